The quantitative estimate of drug-likeness (QED) is 0.822. The first-order valence-corrected chi connectivity index (χ1v) is 5.89. The molecule has 0 bridgehead atoms. The van der Waals surface area contributed by atoms with Crippen molar-refractivity contribution in [3.05, 3.63) is 59.8 Å². The molecule has 3 nitrogen and oxygen atoms in total. The molecule has 1 aliphatic rings. The summed E-state index contributed by atoms with van der Waals surface area (Å²) < 4.78 is 0. The van der Waals surface area contributed by atoms with E-state index in [4.69, 9.17) is 0 Å². The van der Waals surface area contributed by atoms with Crippen LogP contribution < -0.4 is 5.32 Å². The van der Waals surface area contributed by atoms with Crippen LogP contribution in [0.5, 0.6) is 0 Å². The summed E-state index contributed by atoms with van der Waals surface area (Å²) in [5, 5.41) is 3.09. The second-order valence-electron chi connectivity index (χ2n) is 4.31. The number of ketones is 2. The van der Waals surface area contributed by atoms with Crippen LogP contribution in [-0.4, -0.2) is 17.6 Å². The zero-order valence-electron chi connectivity index (χ0n) is 10.2. The van der Waals surface area contributed by atoms with Gasteiger partial charge in [-0.1, -0.05) is 42.5 Å². The molecule has 3 heteroatoms. The smallest absolute Gasteiger partial charge is 0.188 e. The van der Waals surface area contributed by atoms with E-state index >= 15 is 0 Å². The molecule has 1 heterocycles. The zero-order chi connectivity index (χ0) is 13.0. The van der Waals surface area contributed by atoms with Gasteiger partial charge in [0, 0.05) is 17.7 Å². The molecule has 0 saturated heterocycles. The third kappa shape index (κ3) is 2.94. The number of carbonyl (C=O) groups is 2. The van der Waals surface area contributed by atoms with Gasteiger partial charge in [0.25, 0.3) is 0 Å². The summed E-state index contributed by atoms with van der Waals surface area (Å²) in [7, 11) is 0. The van der Waals surface area contributed by atoms with Crippen molar-refractivity contribution in [1.29, 1.82) is 0 Å². The molecule has 1 unspecified atom stereocenters. The molecule has 0 radical (unpaired) electrons. The Morgan fingerprint density at radius 3 is 2.61 bits per heavy atom. The number of hydrogen-bond acceptors (Lipinski definition) is 3. The van der Waals surface area contributed by atoms with Gasteiger partial charge in [-0.2, -0.15) is 0 Å². The van der Waals surface area contributed by atoms with E-state index < -0.39 is 0 Å². The van der Waals surface area contributed by atoms with Gasteiger partial charge in [-0.25, -0.2) is 0 Å². The lowest BCUT2D eigenvalue weighted by Crippen LogP contribution is -2.36. The van der Waals surface area contributed by atoms with Gasteiger partial charge in [0.2, 0.25) is 0 Å². The molecular weight excluding hydrogens is 226 g/mol. The number of rotatable bonds is 4. The number of benzene rings is 1. The van der Waals surface area contributed by atoms with Crippen molar-refractivity contribution in [2.24, 2.45) is 0 Å². The molecule has 1 aromatic carbocycles. The molecule has 1 atom stereocenters. The summed E-state index contributed by atoms with van der Waals surface area (Å²) in [6, 6.07) is 8.76. The van der Waals surface area contributed by atoms with E-state index in [1.54, 1.807) is 18.2 Å². The highest BCUT2D eigenvalue weighted by atomic mass is 16.1. The van der Waals surface area contributed by atoms with Gasteiger partial charge in [-0.3, -0.25) is 9.59 Å². The van der Waals surface area contributed by atoms with Crippen LogP contribution in [0.25, 0.3) is 0 Å². The van der Waals surface area contributed by atoms with E-state index in [1.165, 1.54) is 6.92 Å². The van der Waals surface area contributed by atoms with Gasteiger partial charge in [0.15, 0.2) is 5.78 Å². The lowest BCUT2D eigenvalue weighted by atomic mass is 10.0. The van der Waals surface area contributed by atoms with Gasteiger partial charge in [0.05, 0.1) is 0 Å². The summed E-state index contributed by atoms with van der Waals surface area (Å²) in [4.78, 5) is 23.3. The zero-order valence-corrected chi connectivity index (χ0v) is 10.2. The highest BCUT2D eigenvalue weighted by molar-refractivity contribution is 6.01. The van der Waals surface area contributed by atoms with Gasteiger partial charge >= 0.3 is 0 Å². The second-order valence-corrected chi connectivity index (χ2v) is 4.31. The Morgan fingerprint density at radius 2 is 1.94 bits per heavy atom. The van der Waals surface area contributed by atoms with Gasteiger partial charge < -0.3 is 5.32 Å². The average molecular weight is 241 g/mol. The Labute approximate surface area is 106 Å². The summed E-state index contributed by atoms with van der Waals surface area (Å²) in [5.41, 5.74) is 1.46. The van der Waals surface area contributed by atoms with Crippen LogP contribution in [0.15, 0.2) is 54.3 Å². The summed E-state index contributed by atoms with van der Waals surface area (Å²) in [6.45, 7) is 1.54. The average Bonchev–Trinajstić information content (AvgIpc) is 2.38. The number of allylic oxidation sites excluding steroid dienone is 3. The Balaban J connectivity index is 2.08. The Morgan fingerprint density at radius 1 is 1.22 bits per heavy atom. The first kappa shape index (κ1) is 12.3. The molecule has 1 aliphatic heterocycles. The lowest BCUT2D eigenvalue weighted by molar-refractivity contribution is -0.116. The molecule has 0 amide bonds. The van der Waals surface area contributed by atoms with Crippen LogP contribution in [0, 0.1) is 0 Å². The Bertz CT molecular complexity index is 515. The van der Waals surface area contributed by atoms with Crippen molar-refractivity contribution < 1.29 is 9.59 Å². The Hall–Kier alpha value is -2.16. The molecule has 2 rings (SSSR count). The number of nitrogens with one attached hydrogen (secondary N) is 1. The van der Waals surface area contributed by atoms with Crippen LogP contribution in [0.2, 0.25) is 0 Å². The summed E-state index contributed by atoms with van der Waals surface area (Å²) >= 11 is 0. The molecule has 18 heavy (non-hydrogen) atoms. The fourth-order valence-corrected chi connectivity index (χ4v) is 1.89. The van der Waals surface area contributed by atoms with Gasteiger partial charge in [0.1, 0.15) is 11.8 Å². The molecule has 0 aliphatic carbocycles. The molecule has 0 aromatic heterocycles. The maximum Gasteiger partial charge on any atom is 0.188 e. The predicted molar refractivity (Wildman–Crippen MR) is 70.2 cm³/mol. The van der Waals surface area contributed by atoms with Crippen molar-refractivity contribution in [3.8, 4) is 0 Å². The highest BCUT2D eigenvalue weighted by Crippen LogP contribution is 2.11. The Kier molecular flexibility index (Phi) is 3.72. The van der Waals surface area contributed by atoms with Crippen molar-refractivity contribution >= 4 is 11.6 Å². The fourth-order valence-electron chi connectivity index (χ4n) is 1.89. The molecular formula is C15H15NO2. The molecule has 1 aromatic rings. The first-order valence-electron chi connectivity index (χ1n) is 5.89. The van der Waals surface area contributed by atoms with Crippen molar-refractivity contribution in [1.82, 2.24) is 5.32 Å². The van der Waals surface area contributed by atoms with Crippen LogP contribution in [0.4, 0.5) is 0 Å². The van der Waals surface area contributed by atoms with Crippen LogP contribution in [-0.2, 0) is 4.79 Å². The third-order valence-electron chi connectivity index (χ3n) is 2.72. The van der Waals surface area contributed by atoms with Crippen LogP contribution in [0.3, 0.4) is 0 Å². The van der Waals surface area contributed by atoms with Crippen molar-refractivity contribution in [2.45, 2.75) is 19.4 Å². The van der Waals surface area contributed by atoms with E-state index in [1.807, 2.05) is 30.4 Å². The summed E-state index contributed by atoms with van der Waals surface area (Å²) in [5.74, 6) is 0.0935. The minimum atomic E-state index is -0.383. The number of Topliss-reactive ketones (excluding diaryl/α,β-unsaturated/α-hetero) is 2. The maximum atomic E-state index is 12.2. The monoisotopic (exact) mass is 241 g/mol. The SMILES string of the molecule is CC(=O)CC1=CC=CC(C(=O)c2ccccc2)N1. The van der Waals surface area contributed by atoms with Gasteiger partial charge in [-0.05, 0) is 13.0 Å². The molecule has 1 N–H and O–H groups in total. The van der Waals surface area contributed by atoms with E-state index in [9.17, 15) is 9.59 Å². The predicted octanol–water partition coefficient (Wildman–Crippen LogP) is 2.26. The van der Waals surface area contributed by atoms with Crippen LogP contribution >= 0.6 is 0 Å². The van der Waals surface area contributed by atoms with Crippen molar-refractivity contribution in [3.63, 3.8) is 0 Å². The van der Waals surface area contributed by atoms with Crippen molar-refractivity contribution in [2.75, 3.05) is 0 Å². The van der Waals surface area contributed by atoms with E-state index in [0.29, 0.717) is 12.0 Å². The van der Waals surface area contributed by atoms with Crippen LogP contribution in [0.1, 0.15) is 23.7 Å². The minimum absolute atomic E-state index is 0.0148. The van der Waals surface area contributed by atoms with E-state index in [-0.39, 0.29) is 17.6 Å². The minimum Gasteiger partial charge on any atom is -0.375 e. The second kappa shape index (κ2) is 5.45. The first-order chi connectivity index (χ1) is 8.66. The largest absolute Gasteiger partial charge is 0.375 e. The normalized spacial score (nSPS) is 17.8. The number of carbonyl (C=O) groups excluding carboxylic acids is 2. The highest BCUT2D eigenvalue weighted by Gasteiger charge is 2.19. The van der Waals surface area contributed by atoms with E-state index in [0.717, 1.165) is 5.70 Å². The number of dihydropyridines is 1. The molecule has 0 fully saturated rings. The van der Waals surface area contributed by atoms with E-state index in [2.05, 4.69) is 5.32 Å². The fraction of sp³-hybridized carbons (Fsp3) is 0.200. The lowest BCUT2D eigenvalue weighted by Gasteiger charge is -2.20. The van der Waals surface area contributed by atoms with Gasteiger partial charge in [-0.15, -0.1) is 0 Å². The molecule has 0 spiro atoms. The third-order valence-corrected chi connectivity index (χ3v) is 2.72. The molecule has 0 saturated carbocycles. The summed E-state index contributed by atoms with van der Waals surface area (Å²) in [6.07, 6.45) is 5.79. The number of hydrogen-bond donors (Lipinski definition) is 1. The molecule has 92 valence electrons. The topological polar surface area (TPSA) is 46.2 Å². The standard InChI is InChI=1S/C15H15NO2/c1-11(17)10-13-8-5-9-14(16-13)15(18)12-6-3-2-4-7-12/h2-9,14,16H,10H2,1H3. The maximum absolute atomic E-state index is 12.2.